The highest BCUT2D eigenvalue weighted by molar-refractivity contribution is 6.21. The molecule has 0 amide bonds. The predicted molar refractivity (Wildman–Crippen MR) is 535 cm³/mol. The van der Waals surface area contributed by atoms with Crippen LogP contribution in [0.15, 0.2) is 160 Å². The topological polar surface area (TPSA) is 29.5 Å². The van der Waals surface area contributed by atoms with Gasteiger partial charge in [-0.25, -0.2) is 0 Å². The van der Waals surface area contributed by atoms with Gasteiger partial charge in [0.15, 0.2) is 0 Å². The van der Waals surface area contributed by atoms with Crippen molar-refractivity contribution in [2.75, 3.05) is 4.90 Å². The van der Waals surface area contributed by atoms with Gasteiger partial charge in [-0.05, 0) is 215 Å². The Kier molecular flexibility index (Phi) is 31.4. The molecule has 4 aliphatic carbocycles. The highest BCUT2D eigenvalue weighted by atomic mass is 16.3. The molecule has 0 aliphatic heterocycles. The van der Waals surface area contributed by atoms with E-state index in [1.807, 2.05) is 0 Å². The highest BCUT2D eigenvalue weighted by Gasteiger charge is 2.55. The minimum atomic E-state index is -0.253. The molecule has 2 aromatic heterocycles. The zero-order valence-corrected chi connectivity index (χ0v) is 79.0. The maximum atomic E-state index is 7.72. The lowest BCUT2D eigenvalue weighted by molar-refractivity contribution is 0.369. The molecular formula is C120H159NO2. The molecule has 0 N–H and O–H groups in total. The molecule has 123 heavy (non-hydrogen) atoms. The van der Waals surface area contributed by atoms with E-state index in [1.165, 1.54) is 402 Å². The highest BCUT2D eigenvalue weighted by Crippen LogP contribution is 2.69. The van der Waals surface area contributed by atoms with Gasteiger partial charge in [-0.15, -0.1) is 0 Å². The molecule has 0 unspecified atom stereocenters. The molecule has 0 bridgehead atoms. The summed E-state index contributed by atoms with van der Waals surface area (Å²) in [5, 5.41) is 5.25. The van der Waals surface area contributed by atoms with E-state index >= 15 is 0 Å². The molecular weight excluding hydrogens is 1490 g/mol. The molecule has 0 fully saturated rings. The van der Waals surface area contributed by atoms with E-state index in [-0.39, 0.29) is 21.7 Å². The van der Waals surface area contributed by atoms with Gasteiger partial charge in [0.25, 0.3) is 0 Å². The Hall–Kier alpha value is -7.62. The summed E-state index contributed by atoms with van der Waals surface area (Å²) < 4.78 is 14.8. The Morgan fingerprint density at radius 1 is 0.244 bits per heavy atom. The summed E-state index contributed by atoms with van der Waals surface area (Å²) in [6, 6.07) is 62.9. The van der Waals surface area contributed by atoms with Crippen molar-refractivity contribution >= 4 is 60.9 Å². The molecule has 0 saturated carbocycles. The maximum absolute atomic E-state index is 7.72. The van der Waals surface area contributed by atoms with E-state index in [2.05, 4.69) is 226 Å². The first-order chi connectivity index (χ1) is 60.5. The molecule has 11 aromatic rings. The molecule has 9 aromatic carbocycles. The number of aryl methyl sites for hydroxylation is 2. The number of fused-ring (bicyclic) bond motifs is 22. The fraction of sp³-hybridized carbons (Fsp3) is 0.550. The minimum Gasteiger partial charge on any atom is -0.456 e. The number of hydrogen-bond acceptors (Lipinski definition) is 3. The van der Waals surface area contributed by atoms with E-state index in [4.69, 9.17) is 8.83 Å². The van der Waals surface area contributed by atoms with Crippen LogP contribution in [0.4, 0.5) is 17.1 Å². The second-order valence-electron chi connectivity index (χ2n) is 39.9. The molecule has 0 spiro atoms. The third kappa shape index (κ3) is 18.2. The van der Waals surface area contributed by atoms with Crippen LogP contribution in [0.3, 0.4) is 0 Å². The fourth-order valence-electron chi connectivity index (χ4n) is 25.1. The molecule has 0 atom stereocenters. The number of nitrogens with zero attached hydrogens (tertiary/aromatic N) is 1. The van der Waals surface area contributed by atoms with Gasteiger partial charge in [0.1, 0.15) is 22.3 Å². The van der Waals surface area contributed by atoms with Gasteiger partial charge in [-0.2, -0.15) is 0 Å². The first-order valence-electron chi connectivity index (χ1n) is 52.0. The second-order valence-corrected chi connectivity index (χ2v) is 39.9. The van der Waals surface area contributed by atoms with Gasteiger partial charge in [-0.3, -0.25) is 0 Å². The summed E-state index contributed by atoms with van der Waals surface area (Å²) in [4.78, 5) is 2.82. The third-order valence-electron chi connectivity index (χ3n) is 31.4. The Morgan fingerprint density at radius 2 is 0.610 bits per heavy atom. The molecule has 0 saturated heterocycles. The molecule has 0 radical (unpaired) electrons. The van der Waals surface area contributed by atoms with Crippen molar-refractivity contribution in [2.45, 2.75) is 425 Å². The average Bonchev–Trinajstić information content (AvgIpc) is 1.50. The summed E-state index contributed by atoms with van der Waals surface area (Å²) in [6.07, 6.45) is 65.9. The number of anilines is 3. The van der Waals surface area contributed by atoms with Crippen molar-refractivity contribution in [2.24, 2.45) is 0 Å². The SMILES string of the molecule is CCCCCCCCC1(CCCCCCCC)c2cc(N(c3ccc4c(c3)C(CCCCCCC)(CCCCCCC)c3c5c(c6oc7ccccc7c6c3-4)-c3ccccc3C5(CCCCCCC)CCCCCCC)c3ccc(C)cc3C)ccc2-c2cc3c(cc21)-c1c(ccc2oc4ccccc4c12)C3(CCCCCCCC)CCCCCCCC. The summed E-state index contributed by atoms with van der Waals surface area (Å²) in [6.45, 7) is 23.9. The van der Waals surface area contributed by atoms with E-state index in [9.17, 15) is 0 Å². The van der Waals surface area contributed by atoms with Crippen LogP contribution in [0.5, 0.6) is 0 Å². The Labute approximate surface area is 746 Å². The van der Waals surface area contributed by atoms with Crippen LogP contribution < -0.4 is 4.90 Å². The summed E-state index contributed by atoms with van der Waals surface area (Å²) >= 11 is 0. The lowest BCUT2D eigenvalue weighted by Crippen LogP contribution is -2.33. The van der Waals surface area contributed by atoms with Crippen LogP contribution >= 0.6 is 0 Å². The third-order valence-corrected chi connectivity index (χ3v) is 31.4. The second kappa shape index (κ2) is 42.8. The average molecular weight is 1650 g/mol. The van der Waals surface area contributed by atoms with Crippen molar-refractivity contribution in [1.29, 1.82) is 0 Å². The van der Waals surface area contributed by atoms with E-state index < -0.39 is 0 Å². The Morgan fingerprint density at radius 3 is 1.10 bits per heavy atom. The van der Waals surface area contributed by atoms with Crippen LogP contribution in [-0.4, -0.2) is 0 Å². The van der Waals surface area contributed by atoms with Gasteiger partial charge in [-0.1, -0.05) is 434 Å². The Balaban J connectivity index is 0.985. The molecule has 3 nitrogen and oxygen atoms in total. The van der Waals surface area contributed by atoms with E-state index in [0.717, 1.165) is 48.0 Å². The number of para-hydroxylation sites is 2. The number of benzene rings is 9. The lowest BCUT2D eigenvalue weighted by atomic mass is 9.62. The fourth-order valence-corrected chi connectivity index (χ4v) is 25.1. The predicted octanol–water partition coefficient (Wildman–Crippen LogP) is 39.1. The monoisotopic (exact) mass is 1650 g/mol. The molecule has 15 rings (SSSR count). The van der Waals surface area contributed by atoms with Crippen LogP contribution in [0.25, 0.3) is 88.4 Å². The number of unbranched alkanes of at least 4 members (excludes halogenated alkanes) is 36. The van der Waals surface area contributed by atoms with Crippen molar-refractivity contribution in [3.8, 4) is 44.5 Å². The van der Waals surface area contributed by atoms with Crippen LogP contribution in [-0.2, 0) is 21.7 Å². The van der Waals surface area contributed by atoms with Gasteiger partial charge in [0, 0.05) is 65.8 Å². The summed E-state index contributed by atoms with van der Waals surface area (Å²) in [5.41, 5.74) is 34.9. The quantitative estimate of drug-likeness (QED) is 0.0356. The molecule has 2 heterocycles. The van der Waals surface area contributed by atoms with E-state index in [1.54, 1.807) is 44.5 Å². The van der Waals surface area contributed by atoms with Gasteiger partial charge in [0.2, 0.25) is 0 Å². The maximum Gasteiger partial charge on any atom is 0.144 e. The van der Waals surface area contributed by atoms with E-state index in [0.29, 0.717) is 0 Å². The van der Waals surface area contributed by atoms with Crippen molar-refractivity contribution in [1.82, 2.24) is 0 Å². The molecule has 656 valence electrons. The van der Waals surface area contributed by atoms with Crippen LogP contribution in [0, 0.1) is 13.8 Å². The summed E-state index contributed by atoms with van der Waals surface area (Å²) in [5.74, 6) is 0. The summed E-state index contributed by atoms with van der Waals surface area (Å²) in [7, 11) is 0. The normalized spacial score (nSPS) is 14.6. The number of rotatable bonds is 55. The largest absolute Gasteiger partial charge is 0.456 e. The number of furan rings is 2. The number of hydrogen-bond donors (Lipinski definition) is 0. The van der Waals surface area contributed by atoms with Crippen molar-refractivity contribution < 1.29 is 8.83 Å². The standard InChI is InChI=1S/C120H159NO2/c1-11-19-27-35-43-53-75-117(76-54-44-36-28-20-12-2)100-72-74-108-110(95-62-48-51-65-106(95)122-108)109(100)98-87-103-97(86-104(98)117)92-70-68-90(84-101(92)118(103,77-55-45-37-29-21-13-3)78-56-46-38-30-22-14-4)121(105-73-67-88(9)83-89(105)10)91-69-71-94-102(85-91)120(81-59-41-33-25-17-7,82-60-42-34-26-18-8)114-111(94)112-96-63-49-52-66-107(96)123-116(112)113-93-61-47-50-64-99(93)119(115(113)114,79-57-39-31-23-15-5)80-58-40-32-24-16-6/h47-52,61-74,83-87H,11-46,53-60,75-82H2,1-10H3. The zero-order valence-electron chi connectivity index (χ0n) is 79.0. The minimum absolute atomic E-state index is 0.108. The zero-order chi connectivity index (χ0) is 85.2. The Bertz CT molecular complexity index is 5210. The van der Waals surface area contributed by atoms with Crippen LogP contribution in [0.2, 0.25) is 0 Å². The lowest BCUT2D eigenvalue weighted by Gasteiger charge is -2.40. The van der Waals surface area contributed by atoms with Gasteiger partial charge >= 0.3 is 0 Å². The molecule has 4 aliphatic rings. The van der Waals surface area contributed by atoms with Gasteiger partial charge in [0.05, 0.1) is 0 Å². The first kappa shape index (κ1) is 90.2. The molecule has 3 heteroatoms. The van der Waals surface area contributed by atoms with Crippen molar-refractivity contribution in [3.63, 3.8) is 0 Å². The van der Waals surface area contributed by atoms with Crippen molar-refractivity contribution in [3.05, 3.63) is 207 Å². The smallest absolute Gasteiger partial charge is 0.144 e. The first-order valence-corrected chi connectivity index (χ1v) is 52.0. The van der Waals surface area contributed by atoms with Gasteiger partial charge < -0.3 is 13.7 Å². The van der Waals surface area contributed by atoms with Crippen LogP contribution in [0.1, 0.15) is 445 Å².